The molecule has 3 aromatic rings. The highest BCUT2D eigenvalue weighted by atomic mass is 32.1. The fraction of sp³-hybridized carbons (Fsp3) is 0.308. The highest BCUT2D eigenvalue weighted by Gasteiger charge is 2.44. The Kier molecular flexibility index (Phi) is 6.29. The third kappa shape index (κ3) is 5.17. The second-order valence-corrected chi connectivity index (χ2v) is 10.3. The molecule has 0 radical (unpaired) electrons. The molecular formula is C26H24F3NO3S. The van der Waals surface area contributed by atoms with E-state index in [2.05, 4.69) is 5.32 Å². The average molecular weight is 488 g/mol. The Morgan fingerprint density at radius 3 is 2.09 bits per heavy atom. The van der Waals surface area contributed by atoms with Gasteiger partial charge in [-0.1, -0.05) is 24.3 Å². The van der Waals surface area contributed by atoms with E-state index in [1.807, 2.05) is 13.8 Å². The van der Waals surface area contributed by atoms with Crippen LogP contribution in [0.3, 0.4) is 0 Å². The zero-order chi connectivity index (χ0) is 24.7. The minimum atomic E-state index is -4.38. The fourth-order valence-corrected chi connectivity index (χ4v) is 5.29. The van der Waals surface area contributed by atoms with Crippen molar-refractivity contribution in [2.75, 3.05) is 0 Å². The number of amides is 1. The molecule has 1 heterocycles. The van der Waals surface area contributed by atoms with E-state index in [-0.39, 0.29) is 17.0 Å². The zero-order valence-electron chi connectivity index (χ0n) is 18.8. The van der Waals surface area contributed by atoms with E-state index in [0.717, 1.165) is 45.9 Å². The van der Waals surface area contributed by atoms with Gasteiger partial charge in [0.2, 0.25) is 0 Å². The van der Waals surface area contributed by atoms with E-state index in [0.29, 0.717) is 24.0 Å². The molecule has 0 saturated heterocycles. The molecule has 34 heavy (non-hydrogen) atoms. The predicted molar refractivity (Wildman–Crippen MR) is 125 cm³/mol. The van der Waals surface area contributed by atoms with E-state index >= 15 is 0 Å². The van der Waals surface area contributed by atoms with Crippen LogP contribution in [-0.4, -0.2) is 22.5 Å². The maximum absolute atomic E-state index is 13.3. The quantitative estimate of drug-likeness (QED) is 0.418. The van der Waals surface area contributed by atoms with Crippen LogP contribution in [0.1, 0.15) is 65.6 Å². The van der Waals surface area contributed by atoms with Gasteiger partial charge in [0.05, 0.1) is 16.7 Å². The minimum absolute atomic E-state index is 0.177. The van der Waals surface area contributed by atoms with Crippen LogP contribution < -0.4 is 5.32 Å². The van der Waals surface area contributed by atoms with Crippen molar-refractivity contribution >= 4 is 23.2 Å². The summed E-state index contributed by atoms with van der Waals surface area (Å²) in [6, 6.07) is 11.7. The molecule has 1 aliphatic rings. The summed E-state index contributed by atoms with van der Waals surface area (Å²) in [5.41, 5.74) is 2.25. The topological polar surface area (TPSA) is 66.4 Å². The smallest absolute Gasteiger partial charge is 0.416 e. The molecule has 1 aliphatic carbocycles. The number of rotatable bonds is 7. The van der Waals surface area contributed by atoms with Gasteiger partial charge >= 0.3 is 12.1 Å². The highest BCUT2D eigenvalue weighted by Crippen LogP contribution is 2.40. The number of alkyl halides is 3. The van der Waals surface area contributed by atoms with Crippen LogP contribution in [-0.2, 0) is 19.0 Å². The maximum atomic E-state index is 13.3. The van der Waals surface area contributed by atoms with Crippen molar-refractivity contribution in [1.82, 2.24) is 5.32 Å². The van der Waals surface area contributed by atoms with Gasteiger partial charge < -0.3 is 10.4 Å². The lowest BCUT2D eigenvalue weighted by Crippen LogP contribution is -2.39. The summed E-state index contributed by atoms with van der Waals surface area (Å²) in [5, 5.41) is 12.3. The summed E-state index contributed by atoms with van der Waals surface area (Å²) in [6.07, 6.45) is -1.74. The van der Waals surface area contributed by atoms with E-state index in [1.165, 1.54) is 23.5 Å². The average Bonchev–Trinajstić information content (AvgIpc) is 3.44. The molecule has 1 fully saturated rings. The first kappa shape index (κ1) is 24.0. The van der Waals surface area contributed by atoms with Gasteiger partial charge in [-0.25, -0.2) is 4.79 Å². The number of carbonyl (C=O) groups is 2. The molecule has 0 aliphatic heterocycles. The number of aryl methyl sites for hydroxylation is 2. The second-order valence-electron chi connectivity index (χ2n) is 8.85. The normalized spacial score (nSPS) is 14.6. The number of aromatic carboxylic acids is 1. The number of thiophene rings is 1. The molecule has 1 amide bonds. The highest BCUT2D eigenvalue weighted by molar-refractivity contribution is 7.12. The second kappa shape index (κ2) is 8.91. The first-order valence-corrected chi connectivity index (χ1v) is 11.7. The summed E-state index contributed by atoms with van der Waals surface area (Å²) in [4.78, 5) is 26.2. The molecular weight excluding hydrogens is 463 g/mol. The van der Waals surface area contributed by atoms with Crippen molar-refractivity contribution in [1.29, 1.82) is 0 Å². The van der Waals surface area contributed by atoms with E-state index < -0.39 is 17.7 Å². The van der Waals surface area contributed by atoms with Crippen LogP contribution in [0.2, 0.25) is 0 Å². The number of hydrogen-bond acceptors (Lipinski definition) is 3. The summed E-state index contributed by atoms with van der Waals surface area (Å²) in [6.45, 7) is 3.80. The lowest BCUT2D eigenvalue weighted by molar-refractivity contribution is -0.137. The van der Waals surface area contributed by atoms with Crippen LogP contribution in [0.4, 0.5) is 13.2 Å². The van der Waals surface area contributed by atoms with Gasteiger partial charge in [0.1, 0.15) is 0 Å². The number of carboxylic acid groups (broad SMARTS) is 1. The first-order chi connectivity index (χ1) is 16.0. The maximum Gasteiger partial charge on any atom is 0.416 e. The number of carboxylic acids is 1. The Morgan fingerprint density at radius 1 is 0.971 bits per heavy atom. The molecule has 2 aromatic carbocycles. The molecule has 178 valence electrons. The number of nitrogens with one attached hydrogen (secondary N) is 1. The molecule has 4 nitrogen and oxygen atoms in total. The number of benzene rings is 2. The zero-order valence-corrected chi connectivity index (χ0v) is 19.6. The largest absolute Gasteiger partial charge is 0.478 e. The standard InChI is InChI=1S/C26H24F3NO3S/c1-15-21(13-17-5-9-20(10-6-17)26(27,28)29)22(16(2)34-15)23(31)30-25(11-12-25)14-18-3-7-19(8-4-18)24(32)33/h3-10H,11-14H2,1-2H3,(H,30,31)(H,32,33). The van der Waals surface area contributed by atoms with E-state index in [1.54, 1.807) is 24.3 Å². The van der Waals surface area contributed by atoms with Crippen LogP contribution in [0.25, 0.3) is 0 Å². The van der Waals surface area contributed by atoms with Crippen molar-refractivity contribution in [3.63, 3.8) is 0 Å². The van der Waals surface area contributed by atoms with Gasteiger partial charge in [0.25, 0.3) is 5.91 Å². The summed E-state index contributed by atoms with van der Waals surface area (Å²) in [5.74, 6) is -1.16. The third-order valence-corrected chi connectivity index (χ3v) is 7.31. The fourth-order valence-electron chi connectivity index (χ4n) is 4.21. The molecule has 1 saturated carbocycles. The minimum Gasteiger partial charge on any atom is -0.478 e. The Balaban J connectivity index is 1.51. The number of carbonyl (C=O) groups excluding carboxylic acids is 1. The van der Waals surface area contributed by atoms with Gasteiger partial charge in [0, 0.05) is 15.3 Å². The van der Waals surface area contributed by atoms with Gasteiger partial charge in [-0.15, -0.1) is 11.3 Å². The van der Waals surface area contributed by atoms with Gasteiger partial charge in [-0.05, 0) is 80.5 Å². The van der Waals surface area contributed by atoms with Crippen molar-refractivity contribution in [2.24, 2.45) is 0 Å². The van der Waals surface area contributed by atoms with Gasteiger partial charge in [0.15, 0.2) is 0 Å². The number of hydrogen-bond donors (Lipinski definition) is 2. The lowest BCUT2D eigenvalue weighted by atomic mass is 9.98. The lowest BCUT2D eigenvalue weighted by Gasteiger charge is -2.19. The summed E-state index contributed by atoms with van der Waals surface area (Å²) >= 11 is 1.51. The van der Waals surface area contributed by atoms with Gasteiger partial charge in [-0.2, -0.15) is 13.2 Å². The molecule has 0 atom stereocenters. The first-order valence-electron chi connectivity index (χ1n) is 10.9. The summed E-state index contributed by atoms with van der Waals surface area (Å²) < 4.78 is 38.6. The van der Waals surface area contributed by atoms with Gasteiger partial charge in [-0.3, -0.25) is 4.79 Å². The Bertz CT molecular complexity index is 1220. The molecule has 4 rings (SSSR count). The Morgan fingerprint density at radius 2 is 1.56 bits per heavy atom. The van der Waals surface area contributed by atoms with Crippen LogP contribution in [0.5, 0.6) is 0 Å². The Labute approximate surface area is 199 Å². The molecule has 0 bridgehead atoms. The molecule has 1 aromatic heterocycles. The monoisotopic (exact) mass is 487 g/mol. The van der Waals surface area contributed by atoms with Crippen molar-refractivity contribution in [3.8, 4) is 0 Å². The molecule has 0 unspecified atom stereocenters. The van der Waals surface area contributed by atoms with Crippen molar-refractivity contribution in [3.05, 3.63) is 91.7 Å². The van der Waals surface area contributed by atoms with E-state index in [4.69, 9.17) is 5.11 Å². The summed E-state index contributed by atoms with van der Waals surface area (Å²) in [7, 11) is 0. The van der Waals surface area contributed by atoms with Crippen LogP contribution in [0, 0.1) is 13.8 Å². The van der Waals surface area contributed by atoms with Crippen LogP contribution in [0.15, 0.2) is 48.5 Å². The SMILES string of the molecule is Cc1sc(C)c(C(=O)NC2(Cc3ccc(C(=O)O)cc3)CC2)c1Cc1ccc(C(F)(F)F)cc1. The molecule has 8 heteroatoms. The molecule has 0 spiro atoms. The predicted octanol–water partition coefficient (Wildman–Crippen LogP) is 6.18. The third-order valence-electron chi connectivity index (χ3n) is 6.25. The van der Waals surface area contributed by atoms with Crippen LogP contribution >= 0.6 is 11.3 Å². The Hall–Kier alpha value is -3.13. The molecule has 2 N–H and O–H groups in total. The van der Waals surface area contributed by atoms with E-state index in [9.17, 15) is 22.8 Å². The van der Waals surface area contributed by atoms with Crippen molar-refractivity contribution < 1.29 is 27.9 Å². The number of halogens is 3. The van der Waals surface area contributed by atoms with Crippen molar-refractivity contribution in [2.45, 2.75) is 51.2 Å².